The van der Waals surface area contributed by atoms with Gasteiger partial charge in [-0.1, -0.05) is 39.0 Å². The summed E-state index contributed by atoms with van der Waals surface area (Å²) in [4.78, 5) is 0. The Balaban J connectivity index is 2.12. The van der Waals surface area contributed by atoms with E-state index in [0.717, 1.165) is 9.09 Å². The number of anilines is 1. The van der Waals surface area contributed by atoms with Crippen LogP contribution >= 0.6 is 23.6 Å². The highest BCUT2D eigenvalue weighted by atomic mass is 32.1. The van der Waals surface area contributed by atoms with Crippen LogP contribution < -0.4 is 5.32 Å². The predicted molar refractivity (Wildman–Crippen MR) is 62.3 cm³/mol. The number of rotatable bonds is 2. The van der Waals surface area contributed by atoms with Crippen molar-refractivity contribution in [2.45, 2.75) is 33.7 Å². The molecule has 2 N–H and O–H groups in total. The zero-order valence-corrected chi connectivity index (χ0v) is 10.5. The normalized spacial score (nSPS) is 23.4. The van der Waals surface area contributed by atoms with Gasteiger partial charge in [0, 0.05) is 6.04 Å². The fourth-order valence-corrected chi connectivity index (χ4v) is 2.79. The lowest BCUT2D eigenvalue weighted by atomic mass is 10.0. The summed E-state index contributed by atoms with van der Waals surface area (Å²) in [5.74, 6) is 0. The summed E-state index contributed by atoms with van der Waals surface area (Å²) in [5.41, 5.74) is 0.667. The Morgan fingerprint density at radius 2 is 1.93 bits per heavy atom. The second kappa shape index (κ2) is 2.79. The average Bonchev–Trinajstić information content (AvgIpc) is 2.47. The van der Waals surface area contributed by atoms with Crippen molar-refractivity contribution >= 4 is 28.7 Å². The van der Waals surface area contributed by atoms with Crippen LogP contribution in [0.25, 0.3) is 0 Å². The van der Waals surface area contributed by atoms with E-state index in [1.165, 1.54) is 11.3 Å². The molecule has 1 aromatic heterocycles. The lowest BCUT2D eigenvalue weighted by Gasteiger charge is -2.02. The van der Waals surface area contributed by atoms with Crippen molar-refractivity contribution < 1.29 is 0 Å². The first-order chi connectivity index (χ1) is 6.35. The third-order valence-corrected chi connectivity index (χ3v) is 4.75. The lowest BCUT2D eigenvalue weighted by Crippen LogP contribution is -2.09. The van der Waals surface area contributed by atoms with E-state index in [0.29, 0.717) is 16.9 Å². The van der Waals surface area contributed by atoms with Gasteiger partial charge in [-0.3, -0.25) is 5.10 Å². The Bertz CT molecular complexity index is 388. The summed E-state index contributed by atoms with van der Waals surface area (Å²) >= 11 is 6.48. The fraction of sp³-hybridized carbons (Fsp3) is 0.778. The van der Waals surface area contributed by atoms with Gasteiger partial charge in [0.25, 0.3) is 0 Å². The van der Waals surface area contributed by atoms with Gasteiger partial charge in [-0.05, 0) is 23.0 Å². The van der Waals surface area contributed by atoms with E-state index >= 15 is 0 Å². The molecule has 0 radical (unpaired) electrons. The molecule has 1 heterocycles. The Hall–Kier alpha value is -0.420. The minimum absolute atomic E-state index is 0.334. The summed E-state index contributed by atoms with van der Waals surface area (Å²) in [6.07, 6.45) is 0. The molecule has 0 bridgehead atoms. The number of nitrogens with one attached hydrogen (secondary N) is 2. The van der Waals surface area contributed by atoms with Crippen LogP contribution in [0.5, 0.6) is 0 Å². The monoisotopic (exact) mass is 229 g/mol. The molecule has 0 aliphatic heterocycles. The SMILES string of the molecule is CC1(C)C(Nc2n[nH]c(=S)s2)C1(C)C. The van der Waals surface area contributed by atoms with Crippen LogP contribution in [0.3, 0.4) is 0 Å². The predicted octanol–water partition coefficient (Wildman–Crippen LogP) is 3.05. The molecule has 3 nitrogen and oxygen atoms in total. The number of hydrogen-bond acceptors (Lipinski definition) is 4. The molecule has 0 saturated heterocycles. The zero-order valence-electron chi connectivity index (χ0n) is 8.84. The Labute approximate surface area is 92.9 Å². The molecular formula is C9H15N3S2. The van der Waals surface area contributed by atoms with Gasteiger partial charge >= 0.3 is 0 Å². The average molecular weight is 229 g/mol. The first-order valence-corrected chi connectivity index (χ1v) is 5.90. The topological polar surface area (TPSA) is 40.7 Å². The van der Waals surface area contributed by atoms with E-state index in [1.807, 2.05) is 0 Å². The molecule has 78 valence electrons. The van der Waals surface area contributed by atoms with Crippen LogP contribution in [-0.4, -0.2) is 16.2 Å². The Kier molecular flexibility index (Phi) is 2.02. The van der Waals surface area contributed by atoms with Gasteiger partial charge in [-0.2, -0.15) is 0 Å². The van der Waals surface area contributed by atoms with Crippen molar-refractivity contribution in [2.24, 2.45) is 10.8 Å². The largest absolute Gasteiger partial charge is 0.356 e. The van der Waals surface area contributed by atoms with Gasteiger partial charge in [0.2, 0.25) is 5.13 Å². The number of hydrogen-bond donors (Lipinski definition) is 2. The van der Waals surface area contributed by atoms with E-state index in [4.69, 9.17) is 12.2 Å². The molecule has 0 amide bonds. The van der Waals surface area contributed by atoms with Crippen LogP contribution in [0.15, 0.2) is 0 Å². The second-order valence-corrected chi connectivity index (χ2v) is 6.60. The molecule has 0 spiro atoms. The van der Waals surface area contributed by atoms with Gasteiger partial charge in [0.1, 0.15) is 0 Å². The van der Waals surface area contributed by atoms with Crippen LogP contribution in [0.1, 0.15) is 27.7 Å². The number of aromatic nitrogens is 2. The third-order valence-electron chi connectivity index (χ3n) is 3.73. The highest BCUT2D eigenvalue weighted by molar-refractivity contribution is 7.73. The van der Waals surface area contributed by atoms with Gasteiger partial charge in [0.05, 0.1) is 0 Å². The maximum atomic E-state index is 4.98. The van der Waals surface area contributed by atoms with Crippen molar-refractivity contribution in [3.8, 4) is 0 Å². The summed E-state index contributed by atoms with van der Waals surface area (Å²) in [6, 6.07) is 0.490. The smallest absolute Gasteiger partial charge is 0.204 e. The Morgan fingerprint density at radius 3 is 2.29 bits per heavy atom. The summed E-state index contributed by atoms with van der Waals surface area (Å²) in [5, 5.41) is 11.2. The zero-order chi connectivity index (χ0) is 10.6. The molecule has 0 unspecified atom stereocenters. The summed E-state index contributed by atoms with van der Waals surface area (Å²) in [7, 11) is 0. The molecule has 0 aromatic carbocycles. The lowest BCUT2D eigenvalue weighted by molar-refractivity contribution is 0.457. The molecule has 14 heavy (non-hydrogen) atoms. The third kappa shape index (κ3) is 1.30. The van der Waals surface area contributed by atoms with Crippen LogP contribution in [0.4, 0.5) is 5.13 Å². The van der Waals surface area contributed by atoms with Gasteiger partial charge in [-0.25, -0.2) is 0 Å². The first-order valence-electron chi connectivity index (χ1n) is 4.68. The van der Waals surface area contributed by atoms with Crippen molar-refractivity contribution in [3.05, 3.63) is 3.95 Å². The van der Waals surface area contributed by atoms with Gasteiger partial charge < -0.3 is 5.32 Å². The van der Waals surface area contributed by atoms with E-state index in [-0.39, 0.29) is 0 Å². The molecule has 1 aliphatic rings. The maximum Gasteiger partial charge on any atom is 0.204 e. The van der Waals surface area contributed by atoms with Crippen molar-refractivity contribution in [1.82, 2.24) is 10.2 Å². The second-order valence-electron chi connectivity index (χ2n) is 4.94. The van der Waals surface area contributed by atoms with Crippen molar-refractivity contribution in [1.29, 1.82) is 0 Å². The van der Waals surface area contributed by atoms with Crippen LogP contribution in [0, 0.1) is 14.8 Å². The fourth-order valence-electron chi connectivity index (χ4n) is 1.97. The molecule has 2 rings (SSSR count). The molecular weight excluding hydrogens is 214 g/mol. The highest BCUT2D eigenvalue weighted by Gasteiger charge is 2.65. The molecule has 5 heteroatoms. The van der Waals surface area contributed by atoms with E-state index in [2.05, 4.69) is 43.2 Å². The van der Waals surface area contributed by atoms with E-state index < -0.39 is 0 Å². The molecule has 1 aromatic rings. The van der Waals surface area contributed by atoms with Gasteiger partial charge in [0.15, 0.2) is 3.95 Å². The highest BCUT2D eigenvalue weighted by Crippen LogP contribution is 2.63. The first kappa shape index (κ1) is 10.1. The van der Waals surface area contributed by atoms with Crippen LogP contribution in [0.2, 0.25) is 0 Å². The molecule has 1 saturated carbocycles. The van der Waals surface area contributed by atoms with Crippen molar-refractivity contribution in [2.75, 3.05) is 5.32 Å². The van der Waals surface area contributed by atoms with E-state index in [1.54, 1.807) is 0 Å². The number of aromatic amines is 1. The van der Waals surface area contributed by atoms with Gasteiger partial charge in [-0.15, -0.1) is 5.10 Å². The molecule has 1 aliphatic carbocycles. The maximum absolute atomic E-state index is 4.98. The standard InChI is InChI=1S/C9H15N3S2/c1-8(2)5(9(8,3)4)10-6-11-12-7(13)14-6/h5H,1-4H3,(H,10,11)(H,12,13). The van der Waals surface area contributed by atoms with Crippen LogP contribution in [-0.2, 0) is 0 Å². The van der Waals surface area contributed by atoms with E-state index in [9.17, 15) is 0 Å². The Morgan fingerprint density at radius 1 is 1.36 bits per heavy atom. The minimum atomic E-state index is 0.334. The summed E-state index contributed by atoms with van der Waals surface area (Å²) in [6.45, 7) is 9.10. The quantitative estimate of drug-likeness (QED) is 0.766. The number of H-pyrrole nitrogens is 1. The summed E-state index contributed by atoms with van der Waals surface area (Å²) < 4.78 is 0.726. The molecule has 0 atom stereocenters. The minimum Gasteiger partial charge on any atom is -0.356 e. The number of nitrogens with zero attached hydrogens (tertiary/aromatic N) is 1. The molecule has 1 fully saturated rings. The van der Waals surface area contributed by atoms with Crippen molar-refractivity contribution in [3.63, 3.8) is 0 Å².